The van der Waals surface area contributed by atoms with Crippen molar-refractivity contribution in [1.82, 2.24) is 19.7 Å². The molecule has 0 unspecified atom stereocenters. The van der Waals surface area contributed by atoms with Crippen molar-refractivity contribution in [3.05, 3.63) is 47.7 Å². The lowest BCUT2D eigenvalue weighted by Gasteiger charge is -2.10. The fourth-order valence-corrected chi connectivity index (χ4v) is 5.01. The van der Waals surface area contributed by atoms with Gasteiger partial charge in [0.05, 0.1) is 16.3 Å². The molecular weight excluding hydrogens is 416 g/mol. The zero-order chi connectivity index (χ0) is 21.3. The summed E-state index contributed by atoms with van der Waals surface area (Å²) in [6.07, 6.45) is 1.75. The third kappa shape index (κ3) is 3.90. The zero-order valence-electron chi connectivity index (χ0n) is 17.0. The summed E-state index contributed by atoms with van der Waals surface area (Å²) in [5, 5.41) is 13.3. The average Bonchev–Trinajstić information content (AvgIpc) is 3.29. The van der Waals surface area contributed by atoms with Gasteiger partial charge in [-0.2, -0.15) is 0 Å². The number of thioether (sulfide) groups is 1. The van der Waals surface area contributed by atoms with Crippen LogP contribution in [0.25, 0.3) is 20.9 Å². The molecule has 0 aliphatic rings. The normalized spacial score (nSPS) is 11.2. The molecule has 0 saturated heterocycles. The Morgan fingerprint density at radius 3 is 2.87 bits per heavy atom. The van der Waals surface area contributed by atoms with Crippen LogP contribution < -0.4 is 11.1 Å². The summed E-state index contributed by atoms with van der Waals surface area (Å²) >= 11 is 2.86. The van der Waals surface area contributed by atoms with Crippen molar-refractivity contribution >= 4 is 50.6 Å². The smallest absolute Gasteiger partial charge is 0.234 e. The Hall–Kier alpha value is -2.91. The van der Waals surface area contributed by atoms with Gasteiger partial charge in [0.25, 0.3) is 0 Å². The first-order valence-electron chi connectivity index (χ1n) is 9.54. The Balaban J connectivity index is 1.53. The van der Waals surface area contributed by atoms with E-state index >= 15 is 0 Å². The Morgan fingerprint density at radius 1 is 1.27 bits per heavy atom. The van der Waals surface area contributed by atoms with Crippen LogP contribution in [0.15, 0.2) is 41.7 Å². The first-order valence-corrected chi connectivity index (χ1v) is 11.3. The standard InChI is InChI=1S/C21H22N6OS2/c1-4-27-19(18-17(22)14-6-5-9-23-20(14)30-18)25-26-21(27)29-11-16(28)24-15-10-12(2)7-8-13(15)3/h5-10H,4,11,22H2,1-3H3,(H,24,28). The van der Waals surface area contributed by atoms with Crippen LogP contribution in [0.5, 0.6) is 0 Å². The second kappa shape index (κ2) is 8.45. The number of nitrogens with zero attached hydrogens (tertiary/aromatic N) is 4. The number of amides is 1. The van der Waals surface area contributed by atoms with Crippen molar-refractivity contribution in [1.29, 1.82) is 0 Å². The molecule has 0 fully saturated rings. The van der Waals surface area contributed by atoms with Crippen LogP contribution in [-0.4, -0.2) is 31.4 Å². The molecule has 9 heteroatoms. The highest BCUT2D eigenvalue weighted by atomic mass is 32.2. The van der Waals surface area contributed by atoms with E-state index in [1.165, 1.54) is 23.1 Å². The molecule has 3 aromatic heterocycles. The summed E-state index contributed by atoms with van der Waals surface area (Å²) in [4.78, 5) is 18.6. The molecule has 154 valence electrons. The van der Waals surface area contributed by atoms with E-state index in [9.17, 15) is 4.79 Å². The van der Waals surface area contributed by atoms with Crippen molar-refractivity contribution in [3.8, 4) is 10.7 Å². The van der Waals surface area contributed by atoms with E-state index in [0.29, 0.717) is 23.2 Å². The Labute approximate surface area is 182 Å². The van der Waals surface area contributed by atoms with Gasteiger partial charge in [0.15, 0.2) is 11.0 Å². The van der Waals surface area contributed by atoms with E-state index in [0.717, 1.165) is 31.9 Å². The Kier molecular flexibility index (Phi) is 5.74. The van der Waals surface area contributed by atoms with Gasteiger partial charge < -0.3 is 15.6 Å². The first kappa shape index (κ1) is 20.4. The van der Waals surface area contributed by atoms with Gasteiger partial charge in [0.1, 0.15) is 4.83 Å². The van der Waals surface area contributed by atoms with E-state index < -0.39 is 0 Å². The highest BCUT2D eigenvalue weighted by Gasteiger charge is 2.20. The van der Waals surface area contributed by atoms with Crippen LogP contribution in [0.3, 0.4) is 0 Å². The molecule has 7 nitrogen and oxygen atoms in total. The lowest BCUT2D eigenvalue weighted by Crippen LogP contribution is -2.15. The zero-order valence-corrected chi connectivity index (χ0v) is 18.6. The lowest BCUT2D eigenvalue weighted by atomic mass is 10.1. The van der Waals surface area contributed by atoms with Gasteiger partial charge in [-0.25, -0.2) is 4.98 Å². The second-order valence-corrected chi connectivity index (χ2v) is 8.85. The Bertz CT molecular complexity index is 1230. The van der Waals surface area contributed by atoms with E-state index in [1.54, 1.807) is 6.20 Å². The van der Waals surface area contributed by atoms with Gasteiger partial charge in [0.2, 0.25) is 5.91 Å². The maximum atomic E-state index is 12.5. The van der Waals surface area contributed by atoms with Crippen LogP contribution in [-0.2, 0) is 11.3 Å². The topological polar surface area (TPSA) is 98.7 Å². The fourth-order valence-electron chi connectivity index (χ4n) is 3.15. The molecule has 1 amide bonds. The lowest BCUT2D eigenvalue weighted by molar-refractivity contribution is -0.113. The van der Waals surface area contributed by atoms with Gasteiger partial charge in [0, 0.05) is 23.8 Å². The van der Waals surface area contributed by atoms with Gasteiger partial charge in [-0.15, -0.1) is 21.5 Å². The highest BCUT2D eigenvalue weighted by Crippen LogP contribution is 2.39. The number of nitrogens with two attached hydrogens (primary N) is 1. The molecule has 0 saturated carbocycles. The maximum absolute atomic E-state index is 12.5. The number of aromatic nitrogens is 4. The van der Waals surface area contributed by atoms with Crippen LogP contribution in [0, 0.1) is 13.8 Å². The number of nitrogens with one attached hydrogen (secondary N) is 1. The first-order chi connectivity index (χ1) is 14.5. The van der Waals surface area contributed by atoms with Crippen LogP contribution in [0.1, 0.15) is 18.1 Å². The van der Waals surface area contributed by atoms with Gasteiger partial charge >= 0.3 is 0 Å². The van der Waals surface area contributed by atoms with Crippen LogP contribution in [0.4, 0.5) is 11.4 Å². The van der Waals surface area contributed by atoms with E-state index in [1.807, 2.05) is 55.7 Å². The molecule has 0 spiro atoms. The van der Waals surface area contributed by atoms with Crippen molar-refractivity contribution in [2.45, 2.75) is 32.5 Å². The SMILES string of the molecule is CCn1c(SCC(=O)Nc2cc(C)ccc2C)nnc1-c1sc2ncccc2c1N. The predicted octanol–water partition coefficient (Wildman–Crippen LogP) is 4.50. The number of hydrogen-bond acceptors (Lipinski definition) is 7. The number of carbonyl (C=O) groups excluding carboxylic acids is 1. The molecule has 30 heavy (non-hydrogen) atoms. The number of carbonyl (C=O) groups is 1. The van der Waals surface area contributed by atoms with Crippen LogP contribution >= 0.6 is 23.1 Å². The monoisotopic (exact) mass is 438 g/mol. The summed E-state index contributed by atoms with van der Waals surface area (Å²) in [7, 11) is 0. The minimum Gasteiger partial charge on any atom is -0.397 e. The number of benzene rings is 1. The summed E-state index contributed by atoms with van der Waals surface area (Å²) < 4.78 is 1.98. The average molecular weight is 439 g/mol. The number of hydrogen-bond donors (Lipinski definition) is 2. The molecule has 1 aromatic carbocycles. The second-order valence-electron chi connectivity index (χ2n) is 6.91. The largest absolute Gasteiger partial charge is 0.397 e. The Morgan fingerprint density at radius 2 is 2.10 bits per heavy atom. The summed E-state index contributed by atoms with van der Waals surface area (Å²) in [5.41, 5.74) is 9.99. The molecule has 0 radical (unpaired) electrons. The van der Waals surface area contributed by atoms with E-state index in [4.69, 9.17) is 5.73 Å². The van der Waals surface area contributed by atoms with Gasteiger partial charge in [-0.3, -0.25) is 4.79 Å². The predicted molar refractivity (Wildman–Crippen MR) is 124 cm³/mol. The third-order valence-electron chi connectivity index (χ3n) is 4.74. The van der Waals surface area contributed by atoms with Crippen LogP contribution in [0.2, 0.25) is 0 Å². The molecule has 4 rings (SSSR count). The maximum Gasteiger partial charge on any atom is 0.234 e. The molecular formula is C21H22N6OS2. The number of anilines is 2. The van der Waals surface area contributed by atoms with Crippen molar-refractivity contribution in [2.75, 3.05) is 16.8 Å². The number of nitrogen functional groups attached to an aromatic ring is 1. The quantitative estimate of drug-likeness (QED) is 0.430. The number of rotatable bonds is 6. The molecule has 0 aliphatic carbocycles. The fraction of sp³-hybridized carbons (Fsp3) is 0.238. The third-order valence-corrected chi connectivity index (χ3v) is 6.83. The molecule has 3 N–H and O–H groups in total. The molecule has 3 heterocycles. The number of aryl methyl sites for hydroxylation is 2. The summed E-state index contributed by atoms with van der Waals surface area (Å²) in [6.45, 7) is 6.68. The molecule has 4 aromatic rings. The molecule has 0 atom stereocenters. The summed E-state index contributed by atoms with van der Waals surface area (Å²) in [6, 6.07) is 9.83. The van der Waals surface area contributed by atoms with Gasteiger partial charge in [-0.1, -0.05) is 23.9 Å². The van der Waals surface area contributed by atoms with E-state index in [-0.39, 0.29) is 11.7 Å². The minimum absolute atomic E-state index is 0.0773. The number of thiophene rings is 1. The highest BCUT2D eigenvalue weighted by molar-refractivity contribution is 7.99. The van der Waals surface area contributed by atoms with Crippen molar-refractivity contribution in [2.24, 2.45) is 0 Å². The molecule has 0 aliphatic heterocycles. The minimum atomic E-state index is -0.0773. The number of fused-ring (bicyclic) bond motifs is 1. The number of pyridine rings is 1. The van der Waals surface area contributed by atoms with E-state index in [2.05, 4.69) is 20.5 Å². The van der Waals surface area contributed by atoms with Gasteiger partial charge in [-0.05, 0) is 50.1 Å². The van der Waals surface area contributed by atoms with Crippen molar-refractivity contribution in [3.63, 3.8) is 0 Å². The summed E-state index contributed by atoms with van der Waals surface area (Å²) in [5.74, 6) is 0.872. The molecule has 0 bridgehead atoms. The van der Waals surface area contributed by atoms with Crippen molar-refractivity contribution < 1.29 is 4.79 Å².